The van der Waals surface area contributed by atoms with E-state index in [9.17, 15) is 4.79 Å². The normalized spacial score (nSPS) is 11.4. The van der Waals surface area contributed by atoms with Crippen molar-refractivity contribution in [3.05, 3.63) is 45.9 Å². The van der Waals surface area contributed by atoms with E-state index in [1.165, 1.54) is 0 Å². The summed E-state index contributed by atoms with van der Waals surface area (Å²) in [5.41, 5.74) is 3.58. The van der Waals surface area contributed by atoms with Gasteiger partial charge in [0.15, 0.2) is 0 Å². The minimum atomic E-state index is -0.0589. The minimum Gasteiger partial charge on any atom is -0.496 e. The van der Waals surface area contributed by atoms with Crippen LogP contribution >= 0.6 is 0 Å². The van der Waals surface area contributed by atoms with Gasteiger partial charge in [-0.3, -0.25) is 4.79 Å². The largest absolute Gasteiger partial charge is 0.496 e. The Labute approximate surface area is 137 Å². The van der Waals surface area contributed by atoms with Gasteiger partial charge in [-0.2, -0.15) is 0 Å². The highest BCUT2D eigenvalue weighted by Gasteiger charge is 2.22. The molecular weight excluding hydrogens is 290 g/mol. The first-order valence-corrected chi connectivity index (χ1v) is 7.63. The van der Waals surface area contributed by atoms with Gasteiger partial charge in [0.1, 0.15) is 11.5 Å². The molecule has 4 heteroatoms. The molecule has 2 aromatic rings. The lowest BCUT2D eigenvalue weighted by Crippen LogP contribution is -2.18. The Kier molecular flexibility index (Phi) is 4.55. The average molecular weight is 315 g/mol. The molecule has 0 saturated heterocycles. The summed E-state index contributed by atoms with van der Waals surface area (Å²) < 4.78 is 12.8. The summed E-state index contributed by atoms with van der Waals surface area (Å²) in [4.78, 5) is 11.9. The number of hydrogen-bond donors (Lipinski definition) is 0. The molecule has 0 aliphatic heterocycles. The van der Waals surface area contributed by atoms with Gasteiger partial charge >= 0.3 is 0 Å². The highest BCUT2D eigenvalue weighted by Crippen LogP contribution is 2.40. The molecule has 0 bridgehead atoms. The van der Waals surface area contributed by atoms with Crippen molar-refractivity contribution in [2.24, 2.45) is 7.05 Å². The molecule has 0 aliphatic rings. The minimum absolute atomic E-state index is 0.00555. The van der Waals surface area contributed by atoms with Gasteiger partial charge in [0, 0.05) is 35.5 Å². The van der Waals surface area contributed by atoms with Crippen LogP contribution in [0.1, 0.15) is 31.9 Å². The predicted molar refractivity (Wildman–Crippen MR) is 93.7 cm³/mol. The number of hydrogen-bond acceptors (Lipinski definition) is 3. The molecule has 0 atom stereocenters. The molecule has 0 amide bonds. The number of aryl methyl sites for hydroxylation is 2. The van der Waals surface area contributed by atoms with Gasteiger partial charge in [-0.25, -0.2) is 0 Å². The molecule has 0 fully saturated rings. The van der Waals surface area contributed by atoms with E-state index in [-0.39, 0.29) is 11.0 Å². The number of rotatable bonds is 3. The van der Waals surface area contributed by atoms with Gasteiger partial charge in [0.05, 0.1) is 14.2 Å². The van der Waals surface area contributed by atoms with E-state index < -0.39 is 0 Å². The zero-order valence-electron chi connectivity index (χ0n) is 15.0. The maximum atomic E-state index is 11.9. The second kappa shape index (κ2) is 6.11. The maximum Gasteiger partial charge on any atom is 0.253 e. The summed E-state index contributed by atoms with van der Waals surface area (Å²) in [5.74, 6) is 1.59. The number of pyridine rings is 1. The van der Waals surface area contributed by atoms with Crippen LogP contribution < -0.4 is 15.0 Å². The summed E-state index contributed by atoms with van der Waals surface area (Å²) in [5, 5.41) is 0. The number of benzene rings is 1. The van der Waals surface area contributed by atoms with Crippen LogP contribution in [-0.4, -0.2) is 18.8 Å². The SMILES string of the molecule is COc1cc(C(C)(C)C)c(OC)cc1-c1cc(C)c(=O)n(C)c1. The summed E-state index contributed by atoms with van der Waals surface area (Å²) in [6, 6.07) is 5.89. The zero-order valence-corrected chi connectivity index (χ0v) is 15.0. The first-order valence-electron chi connectivity index (χ1n) is 7.63. The third-order valence-electron chi connectivity index (χ3n) is 4.00. The van der Waals surface area contributed by atoms with Crippen LogP contribution in [0.25, 0.3) is 11.1 Å². The van der Waals surface area contributed by atoms with Crippen LogP contribution in [-0.2, 0) is 12.5 Å². The zero-order chi connectivity index (χ0) is 17.4. The van der Waals surface area contributed by atoms with Crippen LogP contribution in [0.5, 0.6) is 11.5 Å². The second-order valence-corrected chi connectivity index (χ2v) is 6.83. The van der Waals surface area contributed by atoms with Crippen molar-refractivity contribution in [2.45, 2.75) is 33.1 Å². The average Bonchev–Trinajstić information content (AvgIpc) is 2.49. The van der Waals surface area contributed by atoms with Crippen LogP contribution in [0, 0.1) is 6.92 Å². The molecule has 1 aromatic heterocycles. The smallest absolute Gasteiger partial charge is 0.253 e. The summed E-state index contributed by atoms with van der Waals surface area (Å²) in [6.07, 6.45) is 1.82. The molecule has 0 spiro atoms. The molecule has 1 heterocycles. The third-order valence-corrected chi connectivity index (χ3v) is 4.00. The lowest BCUT2D eigenvalue weighted by atomic mass is 9.85. The molecule has 124 valence electrons. The molecule has 0 radical (unpaired) electrons. The number of ether oxygens (including phenoxy) is 2. The van der Waals surface area contributed by atoms with E-state index in [0.29, 0.717) is 5.56 Å². The van der Waals surface area contributed by atoms with Gasteiger partial charge < -0.3 is 14.0 Å². The maximum absolute atomic E-state index is 11.9. The Morgan fingerprint density at radius 3 is 2.09 bits per heavy atom. The monoisotopic (exact) mass is 315 g/mol. The molecule has 0 aliphatic carbocycles. The Balaban J connectivity index is 2.75. The molecule has 23 heavy (non-hydrogen) atoms. The van der Waals surface area contributed by atoms with E-state index in [0.717, 1.165) is 28.2 Å². The van der Waals surface area contributed by atoms with Crippen molar-refractivity contribution in [1.29, 1.82) is 0 Å². The summed E-state index contributed by atoms with van der Waals surface area (Å²) in [7, 11) is 5.09. The Morgan fingerprint density at radius 2 is 1.61 bits per heavy atom. The van der Waals surface area contributed by atoms with Gasteiger partial charge in [-0.15, -0.1) is 0 Å². The topological polar surface area (TPSA) is 40.5 Å². The van der Waals surface area contributed by atoms with Crippen molar-refractivity contribution in [2.75, 3.05) is 14.2 Å². The fraction of sp³-hybridized carbons (Fsp3) is 0.421. The van der Waals surface area contributed by atoms with Crippen molar-refractivity contribution in [3.63, 3.8) is 0 Å². The van der Waals surface area contributed by atoms with Crippen LogP contribution in [0.3, 0.4) is 0 Å². The van der Waals surface area contributed by atoms with E-state index in [4.69, 9.17) is 9.47 Å². The van der Waals surface area contributed by atoms with Crippen LogP contribution in [0.15, 0.2) is 29.2 Å². The number of aromatic nitrogens is 1. The van der Waals surface area contributed by atoms with Crippen molar-refractivity contribution >= 4 is 0 Å². The quantitative estimate of drug-likeness (QED) is 0.867. The Hall–Kier alpha value is -2.23. The number of methoxy groups -OCH3 is 2. The molecule has 0 unspecified atom stereocenters. The molecule has 1 aromatic carbocycles. The van der Waals surface area contributed by atoms with Crippen molar-refractivity contribution in [1.82, 2.24) is 4.57 Å². The summed E-state index contributed by atoms with van der Waals surface area (Å²) in [6.45, 7) is 8.24. The van der Waals surface area contributed by atoms with E-state index in [1.54, 1.807) is 25.8 Å². The third kappa shape index (κ3) is 3.26. The molecule has 0 N–H and O–H groups in total. The fourth-order valence-electron chi connectivity index (χ4n) is 2.73. The highest BCUT2D eigenvalue weighted by atomic mass is 16.5. The molecule has 2 rings (SSSR count). The van der Waals surface area contributed by atoms with Gasteiger partial charge in [-0.05, 0) is 30.5 Å². The lowest BCUT2D eigenvalue weighted by molar-refractivity contribution is 0.389. The van der Waals surface area contributed by atoms with Gasteiger partial charge in [-0.1, -0.05) is 20.8 Å². The van der Waals surface area contributed by atoms with E-state index in [2.05, 4.69) is 20.8 Å². The van der Waals surface area contributed by atoms with Crippen molar-refractivity contribution < 1.29 is 9.47 Å². The van der Waals surface area contributed by atoms with Crippen molar-refractivity contribution in [3.8, 4) is 22.6 Å². The highest BCUT2D eigenvalue weighted by molar-refractivity contribution is 5.73. The van der Waals surface area contributed by atoms with Crippen LogP contribution in [0.4, 0.5) is 0 Å². The van der Waals surface area contributed by atoms with E-state index in [1.807, 2.05) is 31.3 Å². The Morgan fingerprint density at radius 1 is 1.00 bits per heavy atom. The second-order valence-electron chi connectivity index (χ2n) is 6.83. The van der Waals surface area contributed by atoms with Crippen LogP contribution in [0.2, 0.25) is 0 Å². The lowest BCUT2D eigenvalue weighted by Gasteiger charge is -2.24. The standard InChI is InChI=1S/C19H25NO3/c1-12-8-13(11-20(5)18(12)21)14-9-17(23-7)15(19(2,3)4)10-16(14)22-6/h8-11H,1-7H3. The molecular formula is C19H25NO3. The van der Waals surface area contributed by atoms with Gasteiger partial charge in [0.25, 0.3) is 5.56 Å². The molecule has 4 nitrogen and oxygen atoms in total. The molecule has 0 saturated carbocycles. The summed E-state index contributed by atoms with van der Waals surface area (Å²) >= 11 is 0. The Bertz CT molecular complexity index is 756. The fourth-order valence-corrected chi connectivity index (χ4v) is 2.73. The van der Waals surface area contributed by atoms with E-state index >= 15 is 0 Å². The first kappa shape index (κ1) is 17.1. The first-order chi connectivity index (χ1) is 10.7. The predicted octanol–water partition coefficient (Wildman–Crippen LogP) is 3.68. The number of nitrogens with zero attached hydrogens (tertiary/aromatic N) is 1. The van der Waals surface area contributed by atoms with Gasteiger partial charge in [0.2, 0.25) is 0 Å².